The average Bonchev–Trinajstić information content (AvgIpc) is 2.05. The molecular formula is C11H13F3O. The van der Waals surface area contributed by atoms with Gasteiger partial charge >= 0.3 is 6.36 Å². The summed E-state index contributed by atoms with van der Waals surface area (Å²) in [6.45, 7) is 3.90. The number of alkyl halides is 3. The molecule has 4 heteroatoms. The lowest BCUT2D eigenvalue weighted by Gasteiger charge is -2.14. The Bertz CT molecular complexity index is 318. The summed E-state index contributed by atoms with van der Waals surface area (Å²) in [7, 11) is 0. The number of rotatable bonds is 3. The van der Waals surface area contributed by atoms with E-state index >= 15 is 0 Å². The van der Waals surface area contributed by atoms with Crippen LogP contribution in [-0.4, -0.2) is 6.36 Å². The molecule has 0 bridgehead atoms. The van der Waals surface area contributed by atoms with Gasteiger partial charge in [0.05, 0.1) is 0 Å². The highest BCUT2D eigenvalue weighted by atomic mass is 19.4. The fourth-order valence-electron chi connectivity index (χ4n) is 1.34. The van der Waals surface area contributed by atoms with Crippen LogP contribution in [0.25, 0.3) is 0 Å². The normalized spacial score (nSPS) is 11.9. The first-order valence-electron chi connectivity index (χ1n) is 4.72. The molecule has 0 aromatic heterocycles. The molecule has 1 rings (SSSR count). The topological polar surface area (TPSA) is 9.23 Å². The largest absolute Gasteiger partial charge is 0.573 e. The van der Waals surface area contributed by atoms with E-state index in [-0.39, 0.29) is 5.75 Å². The standard InChI is InChI=1S/C11H13F3O/c1-8(2)7-9-5-3-4-6-10(9)15-11(12,13)14/h3-6,8H,7H2,1-2H3. The second-order valence-electron chi connectivity index (χ2n) is 3.75. The molecule has 0 radical (unpaired) electrons. The van der Waals surface area contributed by atoms with Crippen molar-refractivity contribution in [2.45, 2.75) is 26.6 Å². The molecule has 0 amide bonds. The fourth-order valence-corrected chi connectivity index (χ4v) is 1.34. The number of benzene rings is 1. The third-order valence-electron chi connectivity index (χ3n) is 1.83. The van der Waals surface area contributed by atoms with Crippen molar-refractivity contribution in [3.8, 4) is 5.75 Å². The molecular weight excluding hydrogens is 205 g/mol. The number of ether oxygens (including phenoxy) is 1. The van der Waals surface area contributed by atoms with E-state index in [1.165, 1.54) is 12.1 Å². The van der Waals surface area contributed by atoms with E-state index in [0.717, 1.165) is 0 Å². The Morgan fingerprint density at radius 2 is 1.80 bits per heavy atom. The zero-order valence-corrected chi connectivity index (χ0v) is 8.64. The first-order valence-corrected chi connectivity index (χ1v) is 4.72. The van der Waals surface area contributed by atoms with E-state index in [0.29, 0.717) is 17.9 Å². The zero-order valence-electron chi connectivity index (χ0n) is 8.64. The van der Waals surface area contributed by atoms with E-state index < -0.39 is 6.36 Å². The average molecular weight is 218 g/mol. The Hall–Kier alpha value is -1.19. The maximum Gasteiger partial charge on any atom is 0.573 e. The van der Waals surface area contributed by atoms with E-state index in [9.17, 15) is 13.2 Å². The predicted octanol–water partition coefficient (Wildman–Crippen LogP) is 3.78. The van der Waals surface area contributed by atoms with Crippen LogP contribution in [0.15, 0.2) is 24.3 Å². The zero-order chi connectivity index (χ0) is 11.5. The van der Waals surface area contributed by atoms with Gasteiger partial charge in [-0.15, -0.1) is 13.2 Å². The third-order valence-corrected chi connectivity index (χ3v) is 1.83. The van der Waals surface area contributed by atoms with Crippen molar-refractivity contribution in [2.75, 3.05) is 0 Å². The first kappa shape index (κ1) is 11.9. The summed E-state index contributed by atoms with van der Waals surface area (Å²) in [6, 6.07) is 6.23. The van der Waals surface area contributed by atoms with Gasteiger partial charge in [-0.25, -0.2) is 0 Å². The Balaban J connectivity index is 2.86. The highest BCUT2D eigenvalue weighted by Crippen LogP contribution is 2.27. The molecule has 1 aromatic carbocycles. The molecule has 1 aromatic rings. The smallest absolute Gasteiger partial charge is 0.406 e. The molecule has 1 nitrogen and oxygen atoms in total. The van der Waals surface area contributed by atoms with Crippen molar-refractivity contribution in [3.63, 3.8) is 0 Å². The monoisotopic (exact) mass is 218 g/mol. The van der Waals surface area contributed by atoms with Crippen LogP contribution < -0.4 is 4.74 Å². The molecule has 0 spiro atoms. The van der Waals surface area contributed by atoms with E-state index in [2.05, 4.69) is 4.74 Å². The molecule has 0 fully saturated rings. The van der Waals surface area contributed by atoms with Crippen molar-refractivity contribution in [1.82, 2.24) is 0 Å². The van der Waals surface area contributed by atoms with Crippen molar-refractivity contribution in [3.05, 3.63) is 29.8 Å². The quantitative estimate of drug-likeness (QED) is 0.750. The summed E-state index contributed by atoms with van der Waals surface area (Å²) in [6.07, 6.45) is -4.04. The molecule has 0 aliphatic carbocycles. The van der Waals surface area contributed by atoms with Crippen LogP contribution in [0.3, 0.4) is 0 Å². The van der Waals surface area contributed by atoms with Crippen molar-refractivity contribution >= 4 is 0 Å². The Morgan fingerprint density at radius 3 is 2.33 bits per heavy atom. The van der Waals surface area contributed by atoms with Crippen molar-refractivity contribution in [1.29, 1.82) is 0 Å². The van der Waals surface area contributed by atoms with Gasteiger partial charge in [0.15, 0.2) is 0 Å². The van der Waals surface area contributed by atoms with Crippen LogP contribution in [0.1, 0.15) is 19.4 Å². The Kier molecular flexibility index (Phi) is 3.61. The summed E-state index contributed by atoms with van der Waals surface area (Å²) < 4.78 is 40.0. The molecule has 0 N–H and O–H groups in total. The van der Waals surface area contributed by atoms with Gasteiger partial charge in [0.2, 0.25) is 0 Å². The van der Waals surface area contributed by atoms with Gasteiger partial charge in [0, 0.05) is 0 Å². The van der Waals surface area contributed by atoms with Gasteiger partial charge in [0.1, 0.15) is 5.75 Å². The van der Waals surface area contributed by atoms with Gasteiger partial charge < -0.3 is 4.74 Å². The Labute approximate surface area is 86.9 Å². The molecule has 0 aliphatic rings. The summed E-state index contributed by atoms with van der Waals surface area (Å²) in [4.78, 5) is 0. The molecule has 0 saturated heterocycles. The van der Waals surface area contributed by atoms with Crippen LogP contribution in [0, 0.1) is 5.92 Å². The van der Waals surface area contributed by atoms with Gasteiger partial charge in [-0.3, -0.25) is 0 Å². The van der Waals surface area contributed by atoms with Crippen LogP contribution in [0.4, 0.5) is 13.2 Å². The second-order valence-corrected chi connectivity index (χ2v) is 3.75. The number of para-hydroxylation sites is 1. The molecule has 0 unspecified atom stereocenters. The molecule has 0 aliphatic heterocycles. The lowest BCUT2D eigenvalue weighted by molar-refractivity contribution is -0.274. The minimum atomic E-state index is -4.62. The number of hydrogen-bond acceptors (Lipinski definition) is 1. The molecule has 15 heavy (non-hydrogen) atoms. The Morgan fingerprint density at radius 1 is 1.20 bits per heavy atom. The van der Waals surface area contributed by atoms with E-state index in [1.807, 2.05) is 13.8 Å². The fraction of sp³-hybridized carbons (Fsp3) is 0.455. The number of hydrogen-bond donors (Lipinski definition) is 0. The summed E-state index contributed by atoms with van der Waals surface area (Å²) >= 11 is 0. The SMILES string of the molecule is CC(C)Cc1ccccc1OC(F)(F)F. The highest BCUT2D eigenvalue weighted by Gasteiger charge is 2.31. The van der Waals surface area contributed by atoms with Crippen LogP contribution in [0.5, 0.6) is 5.75 Å². The highest BCUT2D eigenvalue weighted by molar-refractivity contribution is 5.33. The lowest BCUT2D eigenvalue weighted by atomic mass is 10.0. The molecule has 84 valence electrons. The van der Waals surface area contributed by atoms with E-state index in [1.54, 1.807) is 12.1 Å². The molecule has 0 saturated carbocycles. The van der Waals surface area contributed by atoms with Crippen LogP contribution in [0.2, 0.25) is 0 Å². The minimum absolute atomic E-state index is 0.0984. The van der Waals surface area contributed by atoms with Gasteiger partial charge in [-0.1, -0.05) is 32.0 Å². The van der Waals surface area contributed by atoms with Gasteiger partial charge in [0.25, 0.3) is 0 Å². The van der Waals surface area contributed by atoms with Crippen LogP contribution >= 0.6 is 0 Å². The molecule has 0 heterocycles. The first-order chi connectivity index (χ1) is 6.88. The summed E-state index contributed by atoms with van der Waals surface area (Å²) in [5.41, 5.74) is 0.588. The minimum Gasteiger partial charge on any atom is -0.406 e. The maximum atomic E-state index is 12.0. The molecule has 0 atom stereocenters. The van der Waals surface area contributed by atoms with Gasteiger partial charge in [-0.2, -0.15) is 0 Å². The number of halogens is 3. The maximum absolute atomic E-state index is 12.0. The van der Waals surface area contributed by atoms with E-state index in [4.69, 9.17) is 0 Å². The van der Waals surface area contributed by atoms with Gasteiger partial charge in [-0.05, 0) is 24.0 Å². The predicted molar refractivity (Wildman–Crippen MR) is 51.7 cm³/mol. The second kappa shape index (κ2) is 4.55. The summed E-state index contributed by atoms with van der Waals surface area (Å²) in [5, 5.41) is 0. The van der Waals surface area contributed by atoms with Crippen molar-refractivity contribution < 1.29 is 17.9 Å². The third kappa shape index (κ3) is 4.23. The van der Waals surface area contributed by atoms with Crippen molar-refractivity contribution in [2.24, 2.45) is 5.92 Å². The van der Waals surface area contributed by atoms with Crippen LogP contribution in [-0.2, 0) is 6.42 Å². The lowest BCUT2D eigenvalue weighted by Crippen LogP contribution is -2.18. The summed E-state index contributed by atoms with van der Waals surface area (Å²) in [5.74, 6) is 0.196.